The van der Waals surface area contributed by atoms with Crippen LogP contribution in [0.1, 0.15) is 28.0 Å². The molecule has 0 bridgehead atoms. The third kappa shape index (κ3) is 5.65. The van der Waals surface area contributed by atoms with Gasteiger partial charge in [0.2, 0.25) is 5.95 Å². The van der Waals surface area contributed by atoms with Gasteiger partial charge in [0.05, 0.1) is 19.0 Å². The van der Waals surface area contributed by atoms with Gasteiger partial charge in [-0.05, 0) is 36.8 Å². The second kappa shape index (κ2) is 10.7. The minimum absolute atomic E-state index is 0.00263. The molecule has 0 saturated heterocycles. The standard InChI is InChI=1S/C24H20N6O5S/c1-15-3-5-16(6-4-15)13-30-21(28-22(33)29(24(30)34)12-2-11-25)26-17-7-9-18(10-8-17)35-23-27-19(14-36-23)20(31)32/h3-10,14H,2,12-13H2,1H3,(H,31,32)(H,26,28,33). The quantitative estimate of drug-likeness (QED) is 0.349. The van der Waals surface area contributed by atoms with Crippen molar-refractivity contribution < 1.29 is 14.6 Å². The molecule has 11 nitrogen and oxygen atoms in total. The summed E-state index contributed by atoms with van der Waals surface area (Å²) in [6.45, 7) is 2.07. The van der Waals surface area contributed by atoms with Gasteiger partial charge in [-0.15, -0.1) is 0 Å². The van der Waals surface area contributed by atoms with E-state index in [0.717, 1.165) is 27.0 Å². The van der Waals surface area contributed by atoms with Crippen molar-refractivity contribution in [3.63, 3.8) is 0 Å². The molecular weight excluding hydrogens is 484 g/mol. The Kier molecular flexibility index (Phi) is 7.22. The number of hydrogen-bond donors (Lipinski definition) is 2. The molecule has 4 aromatic rings. The Balaban J connectivity index is 1.61. The zero-order chi connectivity index (χ0) is 25.7. The van der Waals surface area contributed by atoms with Gasteiger partial charge >= 0.3 is 17.3 Å². The van der Waals surface area contributed by atoms with E-state index < -0.39 is 17.3 Å². The number of carboxylic acid groups (broad SMARTS) is 1. The summed E-state index contributed by atoms with van der Waals surface area (Å²) in [7, 11) is 0. The van der Waals surface area contributed by atoms with E-state index in [1.54, 1.807) is 24.3 Å². The number of anilines is 2. The lowest BCUT2D eigenvalue weighted by molar-refractivity contribution is 0.0690. The molecule has 0 spiro atoms. The predicted octanol–water partition coefficient (Wildman–Crippen LogP) is 3.37. The van der Waals surface area contributed by atoms with Crippen LogP contribution < -0.4 is 21.4 Å². The van der Waals surface area contributed by atoms with Gasteiger partial charge in [-0.2, -0.15) is 15.2 Å². The molecule has 12 heteroatoms. The number of aryl methyl sites for hydroxylation is 1. The first-order valence-corrected chi connectivity index (χ1v) is 11.6. The summed E-state index contributed by atoms with van der Waals surface area (Å²) in [5.41, 5.74) is 1.01. The molecule has 2 heterocycles. The molecule has 0 unspecified atom stereocenters. The van der Waals surface area contributed by atoms with E-state index in [9.17, 15) is 14.4 Å². The molecule has 0 amide bonds. The van der Waals surface area contributed by atoms with Crippen LogP contribution in [0.2, 0.25) is 0 Å². The lowest BCUT2D eigenvalue weighted by Gasteiger charge is -2.15. The van der Waals surface area contributed by atoms with Crippen LogP contribution in [0.3, 0.4) is 0 Å². The van der Waals surface area contributed by atoms with Crippen molar-refractivity contribution in [2.75, 3.05) is 5.32 Å². The molecule has 0 atom stereocenters. The van der Waals surface area contributed by atoms with Gasteiger partial charge in [0.25, 0.3) is 5.19 Å². The largest absolute Gasteiger partial charge is 0.476 e. The number of ether oxygens (including phenoxy) is 1. The summed E-state index contributed by atoms with van der Waals surface area (Å²) in [4.78, 5) is 44.6. The van der Waals surface area contributed by atoms with E-state index in [-0.39, 0.29) is 36.3 Å². The highest BCUT2D eigenvalue weighted by atomic mass is 32.1. The molecule has 0 saturated carbocycles. The predicted molar refractivity (Wildman–Crippen MR) is 132 cm³/mol. The summed E-state index contributed by atoms with van der Waals surface area (Å²) in [5.74, 6) is -0.665. The molecule has 0 aliphatic carbocycles. The summed E-state index contributed by atoms with van der Waals surface area (Å²) in [6, 6.07) is 16.1. The van der Waals surface area contributed by atoms with E-state index in [4.69, 9.17) is 15.1 Å². The van der Waals surface area contributed by atoms with E-state index in [1.807, 2.05) is 37.3 Å². The zero-order valence-corrected chi connectivity index (χ0v) is 19.9. The van der Waals surface area contributed by atoms with E-state index >= 15 is 0 Å². The zero-order valence-electron chi connectivity index (χ0n) is 19.0. The van der Waals surface area contributed by atoms with Crippen molar-refractivity contribution in [1.29, 1.82) is 5.26 Å². The molecule has 4 rings (SSSR count). The van der Waals surface area contributed by atoms with Gasteiger partial charge in [0.1, 0.15) is 5.75 Å². The first kappa shape index (κ1) is 24.4. The van der Waals surface area contributed by atoms with Crippen LogP contribution in [0.25, 0.3) is 0 Å². The van der Waals surface area contributed by atoms with E-state index in [2.05, 4.69) is 15.3 Å². The third-order valence-corrected chi connectivity index (χ3v) is 5.79. The average molecular weight is 505 g/mol. The van der Waals surface area contributed by atoms with Crippen molar-refractivity contribution in [2.24, 2.45) is 0 Å². The number of nitrogens with one attached hydrogen (secondary N) is 1. The number of aromatic nitrogens is 4. The van der Waals surface area contributed by atoms with Crippen LogP contribution in [0.15, 0.2) is 63.5 Å². The second-order valence-corrected chi connectivity index (χ2v) is 8.51. The first-order valence-electron chi connectivity index (χ1n) is 10.7. The van der Waals surface area contributed by atoms with Crippen molar-refractivity contribution >= 4 is 28.9 Å². The lowest BCUT2D eigenvalue weighted by atomic mass is 10.1. The van der Waals surface area contributed by atoms with E-state index in [1.165, 1.54) is 9.95 Å². The smallest absolute Gasteiger partial charge is 0.355 e. The minimum Gasteiger partial charge on any atom is -0.476 e. The molecule has 2 aromatic carbocycles. The van der Waals surface area contributed by atoms with E-state index in [0.29, 0.717) is 11.4 Å². The fourth-order valence-electron chi connectivity index (χ4n) is 3.24. The molecule has 36 heavy (non-hydrogen) atoms. The molecule has 0 fully saturated rings. The van der Waals surface area contributed by atoms with Crippen molar-refractivity contribution in [2.45, 2.75) is 26.4 Å². The Labute approximate surface area is 208 Å². The Bertz CT molecular complexity index is 1550. The number of nitrogens with zero attached hydrogens (tertiary/aromatic N) is 5. The number of aromatic carboxylic acids is 1. The third-order valence-electron chi connectivity index (χ3n) is 5.08. The summed E-state index contributed by atoms with van der Waals surface area (Å²) in [6.07, 6.45) is 0.00263. The van der Waals surface area contributed by atoms with Crippen molar-refractivity contribution in [3.05, 3.63) is 91.7 Å². The Morgan fingerprint density at radius 3 is 2.47 bits per heavy atom. The molecule has 182 valence electrons. The van der Waals surface area contributed by atoms with Gasteiger partial charge in [-0.1, -0.05) is 41.2 Å². The van der Waals surface area contributed by atoms with Gasteiger partial charge in [0.15, 0.2) is 5.69 Å². The van der Waals surface area contributed by atoms with Crippen LogP contribution in [-0.4, -0.2) is 30.2 Å². The van der Waals surface area contributed by atoms with Gasteiger partial charge in [-0.3, -0.25) is 4.57 Å². The Hall–Kier alpha value is -4.76. The monoisotopic (exact) mass is 504 g/mol. The number of carboxylic acids is 1. The molecule has 2 aromatic heterocycles. The molecule has 0 aliphatic heterocycles. The first-order chi connectivity index (χ1) is 17.3. The van der Waals surface area contributed by atoms with Crippen molar-refractivity contribution in [1.82, 2.24) is 19.1 Å². The summed E-state index contributed by atoms with van der Waals surface area (Å²) in [5, 5.41) is 22.4. The van der Waals surface area contributed by atoms with Crippen LogP contribution >= 0.6 is 11.3 Å². The highest BCUT2D eigenvalue weighted by Gasteiger charge is 2.15. The fourth-order valence-corrected chi connectivity index (χ4v) is 3.90. The number of hydrogen-bond acceptors (Lipinski definition) is 9. The number of carbonyl (C=O) groups is 1. The fraction of sp³-hybridized carbons (Fsp3) is 0.167. The average Bonchev–Trinajstić information content (AvgIpc) is 3.33. The lowest BCUT2D eigenvalue weighted by Crippen LogP contribution is -2.42. The Morgan fingerprint density at radius 2 is 1.83 bits per heavy atom. The molecule has 2 N–H and O–H groups in total. The number of nitriles is 1. The minimum atomic E-state index is -1.14. The molecule has 0 radical (unpaired) electrons. The molecule has 0 aliphatic rings. The van der Waals surface area contributed by atoms with Crippen LogP contribution in [0.4, 0.5) is 11.6 Å². The highest BCUT2D eigenvalue weighted by Crippen LogP contribution is 2.27. The molecular formula is C24H20N6O5S. The van der Waals surface area contributed by atoms with Crippen LogP contribution in [-0.2, 0) is 13.1 Å². The van der Waals surface area contributed by atoms with Gasteiger partial charge < -0.3 is 15.2 Å². The SMILES string of the molecule is Cc1ccc(Cn2c(Nc3ccc(Oc4nc(C(=O)O)cs4)cc3)nc(=O)n(CCC#N)c2=O)cc1. The van der Waals surface area contributed by atoms with Crippen LogP contribution in [0.5, 0.6) is 10.9 Å². The summed E-state index contributed by atoms with van der Waals surface area (Å²) < 4.78 is 7.87. The van der Waals surface area contributed by atoms with Gasteiger partial charge in [-0.25, -0.2) is 19.0 Å². The summed E-state index contributed by atoms with van der Waals surface area (Å²) >= 11 is 1.06. The maximum Gasteiger partial charge on any atom is 0.355 e. The maximum atomic E-state index is 13.2. The number of rotatable bonds is 9. The highest BCUT2D eigenvalue weighted by molar-refractivity contribution is 7.11. The maximum absolute atomic E-state index is 13.2. The topological polar surface area (TPSA) is 152 Å². The van der Waals surface area contributed by atoms with Crippen molar-refractivity contribution in [3.8, 4) is 17.0 Å². The van der Waals surface area contributed by atoms with Gasteiger partial charge in [0, 0.05) is 17.6 Å². The number of benzene rings is 2. The van der Waals surface area contributed by atoms with Crippen LogP contribution in [0, 0.1) is 18.3 Å². The second-order valence-electron chi connectivity index (χ2n) is 7.69. The normalized spacial score (nSPS) is 10.6. The number of thiazole rings is 1. The Morgan fingerprint density at radius 1 is 1.11 bits per heavy atom.